The number of amides is 1. The summed E-state index contributed by atoms with van der Waals surface area (Å²) in [5.41, 5.74) is 5.18. The van der Waals surface area contributed by atoms with Gasteiger partial charge in [-0.05, 0) is 58.5 Å². The molecule has 0 aliphatic carbocycles. The first kappa shape index (κ1) is 22.0. The van der Waals surface area contributed by atoms with Gasteiger partial charge in [-0.1, -0.05) is 45.0 Å². The van der Waals surface area contributed by atoms with E-state index in [0.717, 1.165) is 16.9 Å². The number of carbonyl (C=O) groups is 1. The van der Waals surface area contributed by atoms with E-state index in [2.05, 4.69) is 43.4 Å². The van der Waals surface area contributed by atoms with Crippen LogP contribution in [0.25, 0.3) is 0 Å². The molecule has 0 unspecified atom stereocenters. The number of benzene rings is 2. The lowest BCUT2D eigenvalue weighted by atomic mass is 9.87. The largest absolute Gasteiger partial charge is 0.497 e. The molecular weight excluding hydrogens is 390 g/mol. The predicted molar refractivity (Wildman–Crippen MR) is 123 cm³/mol. The molecule has 6 heteroatoms. The minimum Gasteiger partial charge on any atom is -0.497 e. The maximum absolute atomic E-state index is 12.8. The lowest BCUT2D eigenvalue weighted by Gasteiger charge is -2.19. The summed E-state index contributed by atoms with van der Waals surface area (Å²) < 4.78 is 6.63. The van der Waals surface area contributed by atoms with Gasteiger partial charge in [0, 0.05) is 6.20 Å². The molecule has 0 saturated heterocycles. The van der Waals surface area contributed by atoms with Gasteiger partial charge >= 0.3 is 0 Å². The van der Waals surface area contributed by atoms with Gasteiger partial charge in [-0.3, -0.25) is 9.59 Å². The standard InChI is InChI=1S/C25H27N3O3/c1-25(2,3)20-11-7-19(8-12-20)17-28-15-5-6-22(24(28)30)23(29)27-26-16-18-9-13-21(31-4)14-10-18/h5-16H,17H2,1-4H3,(H,27,29)/b26-16-. The smallest absolute Gasteiger partial charge is 0.276 e. The Kier molecular flexibility index (Phi) is 6.70. The Hall–Kier alpha value is -3.67. The fraction of sp³-hybridized carbons (Fsp3) is 0.240. The number of hydrogen-bond donors (Lipinski definition) is 1. The molecule has 0 radical (unpaired) electrons. The molecule has 0 aliphatic rings. The number of rotatable bonds is 6. The molecule has 1 amide bonds. The first-order valence-corrected chi connectivity index (χ1v) is 10.0. The summed E-state index contributed by atoms with van der Waals surface area (Å²) in [4.78, 5) is 25.2. The fourth-order valence-corrected chi connectivity index (χ4v) is 3.06. The van der Waals surface area contributed by atoms with Crippen molar-refractivity contribution in [1.29, 1.82) is 0 Å². The molecule has 0 spiro atoms. The molecule has 1 N–H and O–H groups in total. The van der Waals surface area contributed by atoms with E-state index in [4.69, 9.17) is 4.74 Å². The monoisotopic (exact) mass is 417 g/mol. The lowest BCUT2D eigenvalue weighted by molar-refractivity contribution is 0.0953. The Balaban J connectivity index is 1.70. The third-order valence-electron chi connectivity index (χ3n) is 4.93. The zero-order chi connectivity index (χ0) is 22.4. The van der Waals surface area contributed by atoms with E-state index in [1.54, 1.807) is 31.5 Å². The number of aromatic nitrogens is 1. The van der Waals surface area contributed by atoms with Gasteiger partial charge < -0.3 is 9.30 Å². The highest BCUT2D eigenvalue weighted by molar-refractivity contribution is 5.94. The van der Waals surface area contributed by atoms with Gasteiger partial charge in [0.25, 0.3) is 11.5 Å². The number of pyridine rings is 1. The number of methoxy groups -OCH3 is 1. The molecule has 3 rings (SSSR count). The number of nitrogens with zero attached hydrogens (tertiary/aromatic N) is 2. The summed E-state index contributed by atoms with van der Waals surface area (Å²) in [6.07, 6.45) is 3.19. The van der Waals surface area contributed by atoms with Crippen molar-refractivity contribution in [2.45, 2.75) is 32.7 Å². The highest BCUT2D eigenvalue weighted by Crippen LogP contribution is 2.22. The van der Waals surface area contributed by atoms with Crippen molar-refractivity contribution in [3.05, 3.63) is 99.5 Å². The van der Waals surface area contributed by atoms with Crippen molar-refractivity contribution in [3.63, 3.8) is 0 Å². The van der Waals surface area contributed by atoms with Crippen LogP contribution in [-0.2, 0) is 12.0 Å². The Bertz CT molecular complexity index is 1120. The summed E-state index contributed by atoms with van der Waals surface area (Å²) in [6, 6.07) is 18.6. The normalized spacial score (nSPS) is 11.5. The molecule has 3 aromatic rings. The highest BCUT2D eigenvalue weighted by atomic mass is 16.5. The summed E-state index contributed by atoms with van der Waals surface area (Å²) in [7, 11) is 1.59. The van der Waals surface area contributed by atoms with Crippen LogP contribution in [0.2, 0.25) is 0 Å². The Morgan fingerprint density at radius 2 is 1.74 bits per heavy atom. The molecular formula is C25H27N3O3. The molecule has 0 fully saturated rings. The number of carbonyl (C=O) groups excluding carboxylic acids is 1. The van der Waals surface area contributed by atoms with Gasteiger partial charge in [0.2, 0.25) is 0 Å². The van der Waals surface area contributed by atoms with E-state index in [9.17, 15) is 9.59 Å². The summed E-state index contributed by atoms with van der Waals surface area (Å²) in [5.74, 6) is 0.186. The molecule has 0 saturated carbocycles. The maximum Gasteiger partial charge on any atom is 0.276 e. The average molecular weight is 418 g/mol. The number of nitrogens with one attached hydrogen (secondary N) is 1. The second-order valence-electron chi connectivity index (χ2n) is 8.27. The van der Waals surface area contributed by atoms with E-state index >= 15 is 0 Å². The number of ether oxygens (including phenoxy) is 1. The molecule has 1 heterocycles. The minimum atomic E-state index is -0.549. The van der Waals surface area contributed by atoms with E-state index in [1.165, 1.54) is 22.4 Å². The van der Waals surface area contributed by atoms with E-state index in [0.29, 0.717) is 6.54 Å². The second kappa shape index (κ2) is 9.43. The van der Waals surface area contributed by atoms with Crippen LogP contribution in [0.3, 0.4) is 0 Å². The van der Waals surface area contributed by atoms with Crippen molar-refractivity contribution < 1.29 is 9.53 Å². The molecule has 0 bridgehead atoms. The summed E-state index contributed by atoms with van der Waals surface area (Å²) in [5, 5.41) is 3.95. The predicted octanol–water partition coefficient (Wildman–Crippen LogP) is 3.97. The SMILES string of the molecule is COc1ccc(/C=N\NC(=O)c2cccn(Cc3ccc(C(C)(C)C)cc3)c2=O)cc1. The van der Waals surface area contributed by atoms with Crippen LogP contribution in [0.5, 0.6) is 5.75 Å². The zero-order valence-corrected chi connectivity index (χ0v) is 18.3. The van der Waals surface area contributed by atoms with Crippen LogP contribution in [0, 0.1) is 0 Å². The average Bonchev–Trinajstić information content (AvgIpc) is 2.75. The van der Waals surface area contributed by atoms with Gasteiger partial charge in [0.1, 0.15) is 11.3 Å². The second-order valence-corrected chi connectivity index (χ2v) is 8.27. The van der Waals surface area contributed by atoms with Crippen LogP contribution < -0.4 is 15.7 Å². The third kappa shape index (κ3) is 5.69. The van der Waals surface area contributed by atoms with Crippen molar-refractivity contribution in [1.82, 2.24) is 9.99 Å². The number of hydrazone groups is 1. The maximum atomic E-state index is 12.8. The van der Waals surface area contributed by atoms with Crippen molar-refractivity contribution in [3.8, 4) is 5.75 Å². The molecule has 1 aromatic heterocycles. The fourth-order valence-electron chi connectivity index (χ4n) is 3.06. The van der Waals surface area contributed by atoms with Gasteiger partial charge in [-0.2, -0.15) is 5.10 Å². The van der Waals surface area contributed by atoms with Crippen molar-refractivity contribution in [2.24, 2.45) is 5.10 Å². The molecule has 6 nitrogen and oxygen atoms in total. The third-order valence-corrected chi connectivity index (χ3v) is 4.93. The van der Waals surface area contributed by atoms with Gasteiger partial charge in [-0.25, -0.2) is 5.43 Å². The van der Waals surface area contributed by atoms with E-state index in [1.807, 2.05) is 24.3 Å². The quantitative estimate of drug-likeness (QED) is 0.487. The van der Waals surface area contributed by atoms with Crippen LogP contribution in [-0.4, -0.2) is 23.8 Å². The first-order valence-electron chi connectivity index (χ1n) is 10.0. The molecule has 2 aromatic carbocycles. The van der Waals surface area contributed by atoms with Crippen LogP contribution in [0.15, 0.2) is 76.8 Å². The van der Waals surface area contributed by atoms with Crippen molar-refractivity contribution in [2.75, 3.05) is 7.11 Å². The Morgan fingerprint density at radius 3 is 2.35 bits per heavy atom. The molecule has 0 atom stereocenters. The van der Waals surface area contributed by atoms with E-state index in [-0.39, 0.29) is 16.5 Å². The first-order chi connectivity index (χ1) is 14.8. The number of hydrogen-bond acceptors (Lipinski definition) is 4. The van der Waals surface area contributed by atoms with Gasteiger partial charge in [-0.15, -0.1) is 0 Å². The van der Waals surface area contributed by atoms with Crippen LogP contribution in [0.4, 0.5) is 0 Å². The Labute approximate surface area is 182 Å². The summed E-state index contributed by atoms with van der Waals surface area (Å²) >= 11 is 0. The van der Waals surface area contributed by atoms with Crippen molar-refractivity contribution >= 4 is 12.1 Å². The minimum absolute atomic E-state index is 0.0423. The van der Waals surface area contributed by atoms with E-state index < -0.39 is 5.91 Å². The van der Waals surface area contributed by atoms with Gasteiger partial charge in [0.05, 0.1) is 19.9 Å². The highest BCUT2D eigenvalue weighted by Gasteiger charge is 2.14. The lowest BCUT2D eigenvalue weighted by Crippen LogP contribution is -2.30. The van der Waals surface area contributed by atoms with Crippen LogP contribution >= 0.6 is 0 Å². The molecule has 31 heavy (non-hydrogen) atoms. The zero-order valence-electron chi connectivity index (χ0n) is 18.3. The molecule has 0 aliphatic heterocycles. The summed E-state index contributed by atoms with van der Waals surface area (Å²) in [6.45, 7) is 6.86. The topological polar surface area (TPSA) is 72.7 Å². The van der Waals surface area contributed by atoms with Crippen LogP contribution in [0.1, 0.15) is 47.8 Å². The Morgan fingerprint density at radius 1 is 1.06 bits per heavy atom. The molecule has 160 valence electrons. The van der Waals surface area contributed by atoms with Gasteiger partial charge in [0.15, 0.2) is 0 Å².